The van der Waals surface area contributed by atoms with Crippen LogP contribution >= 0.6 is 11.8 Å². The Hall–Kier alpha value is -1.62. The SMILES string of the molecule is CNc1cccc(Sc2ncc(C)cn2)n1. The van der Waals surface area contributed by atoms with Crippen LogP contribution in [0.25, 0.3) is 0 Å². The largest absolute Gasteiger partial charge is 0.373 e. The molecular formula is C11H12N4S. The third-order valence-electron chi connectivity index (χ3n) is 1.93. The lowest BCUT2D eigenvalue weighted by Gasteiger charge is -2.02. The Kier molecular flexibility index (Phi) is 3.36. The summed E-state index contributed by atoms with van der Waals surface area (Å²) in [6.45, 7) is 1.97. The summed E-state index contributed by atoms with van der Waals surface area (Å²) >= 11 is 1.45. The second-order valence-electron chi connectivity index (χ2n) is 3.26. The van der Waals surface area contributed by atoms with E-state index in [1.807, 2.05) is 32.2 Å². The van der Waals surface area contributed by atoms with Crippen molar-refractivity contribution in [2.24, 2.45) is 0 Å². The van der Waals surface area contributed by atoms with E-state index < -0.39 is 0 Å². The molecule has 0 aliphatic carbocycles. The summed E-state index contributed by atoms with van der Waals surface area (Å²) in [7, 11) is 1.85. The lowest BCUT2D eigenvalue weighted by molar-refractivity contribution is 0.945. The minimum atomic E-state index is 0.714. The van der Waals surface area contributed by atoms with Crippen molar-refractivity contribution in [3.63, 3.8) is 0 Å². The summed E-state index contributed by atoms with van der Waals surface area (Å²) in [5, 5.41) is 4.60. The lowest BCUT2D eigenvalue weighted by atomic mass is 10.4. The van der Waals surface area contributed by atoms with E-state index in [-0.39, 0.29) is 0 Å². The highest BCUT2D eigenvalue weighted by atomic mass is 32.2. The van der Waals surface area contributed by atoms with Gasteiger partial charge < -0.3 is 5.32 Å². The minimum absolute atomic E-state index is 0.714. The van der Waals surface area contributed by atoms with Gasteiger partial charge in [0, 0.05) is 19.4 Å². The Morgan fingerprint density at radius 2 is 1.94 bits per heavy atom. The summed E-state index contributed by atoms with van der Waals surface area (Å²) in [5.74, 6) is 0.845. The van der Waals surface area contributed by atoms with Crippen molar-refractivity contribution in [3.8, 4) is 0 Å². The normalized spacial score (nSPS) is 10.1. The van der Waals surface area contributed by atoms with Gasteiger partial charge in [-0.25, -0.2) is 15.0 Å². The molecule has 16 heavy (non-hydrogen) atoms. The third kappa shape index (κ3) is 2.70. The molecule has 2 heterocycles. The van der Waals surface area contributed by atoms with Crippen LogP contribution in [0.5, 0.6) is 0 Å². The van der Waals surface area contributed by atoms with Gasteiger partial charge in [0.2, 0.25) is 0 Å². The highest BCUT2D eigenvalue weighted by molar-refractivity contribution is 7.99. The van der Waals surface area contributed by atoms with Gasteiger partial charge in [0.05, 0.1) is 0 Å². The first-order chi connectivity index (χ1) is 7.78. The average molecular weight is 232 g/mol. The Bertz CT molecular complexity index is 470. The van der Waals surface area contributed by atoms with Crippen molar-refractivity contribution < 1.29 is 0 Å². The van der Waals surface area contributed by atoms with E-state index in [1.54, 1.807) is 12.4 Å². The molecule has 0 saturated heterocycles. The van der Waals surface area contributed by atoms with Crippen molar-refractivity contribution in [1.29, 1.82) is 0 Å². The highest BCUT2D eigenvalue weighted by Crippen LogP contribution is 2.23. The molecule has 0 spiro atoms. The number of aromatic nitrogens is 3. The van der Waals surface area contributed by atoms with Gasteiger partial charge in [0.25, 0.3) is 0 Å². The molecule has 0 aromatic carbocycles. The van der Waals surface area contributed by atoms with Crippen LogP contribution in [0.1, 0.15) is 5.56 Å². The van der Waals surface area contributed by atoms with E-state index in [0.717, 1.165) is 16.4 Å². The van der Waals surface area contributed by atoms with Gasteiger partial charge in [0.15, 0.2) is 5.16 Å². The molecule has 2 aromatic rings. The molecule has 0 saturated carbocycles. The number of rotatable bonds is 3. The van der Waals surface area contributed by atoms with Gasteiger partial charge in [-0.2, -0.15) is 0 Å². The summed E-state index contributed by atoms with van der Waals surface area (Å²) < 4.78 is 0. The van der Waals surface area contributed by atoms with Crippen LogP contribution in [0.3, 0.4) is 0 Å². The standard InChI is InChI=1S/C11H12N4S/c1-8-6-13-11(14-7-8)16-10-5-3-4-9(12-2)15-10/h3-7H,1-2H3,(H,12,15). The zero-order valence-corrected chi connectivity index (χ0v) is 9.95. The summed E-state index contributed by atoms with van der Waals surface area (Å²) in [6.07, 6.45) is 3.61. The number of anilines is 1. The van der Waals surface area contributed by atoms with Gasteiger partial charge in [-0.1, -0.05) is 6.07 Å². The summed E-state index contributed by atoms with van der Waals surface area (Å²) in [6, 6.07) is 5.81. The zero-order valence-electron chi connectivity index (χ0n) is 9.14. The Labute approximate surface area is 98.6 Å². The topological polar surface area (TPSA) is 50.7 Å². The van der Waals surface area contributed by atoms with Crippen LogP contribution in [-0.4, -0.2) is 22.0 Å². The molecule has 5 heteroatoms. The van der Waals surface area contributed by atoms with E-state index in [4.69, 9.17) is 0 Å². The average Bonchev–Trinajstić information content (AvgIpc) is 2.32. The second-order valence-corrected chi connectivity index (χ2v) is 4.24. The van der Waals surface area contributed by atoms with Gasteiger partial charge >= 0.3 is 0 Å². The molecule has 2 rings (SSSR count). The molecule has 0 amide bonds. The van der Waals surface area contributed by atoms with Gasteiger partial charge in [-0.05, 0) is 36.4 Å². The number of hydrogen-bond acceptors (Lipinski definition) is 5. The van der Waals surface area contributed by atoms with E-state index in [0.29, 0.717) is 5.16 Å². The van der Waals surface area contributed by atoms with E-state index >= 15 is 0 Å². The Morgan fingerprint density at radius 1 is 1.19 bits per heavy atom. The molecule has 0 atom stereocenters. The number of nitrogens with one attached hydrogen (secondary N) is 1. The molecule has 4 nitrogen and oxygen atoms in total. The maximum atomic E-state index is 4.38. The first-order valence-electron chi connectivity index (χ1n) is 4.89. The van der Waals surface area contributed by atoms with Crippen LogP contribution in [0, 0.1) is 6.92 Å². The molecule has 0 fully saturated rings. The molecule has 0 aliphatic heterocycles. The minimum Gasteiger partial charge on any atom is -0.373 e. The van der Waals surface area contributed by atoms with Crippen LogP contribution in [0.4, 0.5) is 5.82 Å². The lowest BCUT2D eigenvalue weighted by Crippen LogP contribution is -1.93. The maximum absolute atomic E-state index is 4.38. The Balaban J connectivity index is 2.16. The fraction of sp³-hybridized carbons (Fsp3) is 0.182. The highest BCUT2D eigenvalue weighted by Gasteiger charge is 2.01. The first-order valence-corrected chi connectivity index (χ1v) is 5.71. The van der Waals surface area contributed by atoms with Crippen LogP contribution in [0.2, 0.25) is 0 Å². The van der Waals surface area contributed by atoms with Crippen molar-refractivity contribution in [2.45, 2.75) is 17.1 Å². The van der Waals surface area contributed by atoms with Crippen LogP contribution in [0.15, 0.2) is 40.8 Å². The van der Waals surface area contributed by atoms with Gasteiger partial charge in [-0.3, -0.25) is 0 Å². The first kappa shape index (κ1) is 10.9. The molecule has 0 bridgehead atoms. The summed E-state index contributed by atoms with van der Waals surface area (Å²) in [4.78, 5) is 12.8. The van der Waals surface area contributed by atoms with Crippen LogP contribution < -0.4 is 5.32 Å². The monoisotopic (exact) mass is 232 g/mol. The van der Waals surface area contributed by atoms with Gasteiger partial charge in [0.1, 0.15) is 10.8 Å². The van der Waals surface area contributed by atoms with Crippen molar-refractivity contribution in [1.82, 2.24) is 15.0 Å². The molecule has 82 valence electrons. The molecule has 0 aliphatic rings. The predicted octanol–water partition coefficient (Wildman–Crippen LogP) is 2.37. The van der Waals surface area contributed by atoms with E-state index in [2.05, 4.69) is 20.3 Å². The molecule has 0 radical (unpaired) electrons. The van der Waals surface area contributed by atoms with E-state index in [9.17, 15) is 0 Å². The van der Waals surface area contributed by atoms with Gasteiger partial charge in [-0.15, -0.1) is 0 Å². The number of pyridine rings is 1. The second kappa shape index (κ2) is 4.94. The quantitative estimate of drug-likeness (QED) is 0.823. The van der Waals surface area contributed by atoms with Crippen molar-refractivity contribution in [2.75, 3.05) is 12.4 Å². The molecule has 2 aromatic heterocycles. The molecule has 1 N–H and O–H groups in total. The maximum Gasteiger partial charge on any atom is 0.193 e. The zero-order chi connectivity index (χ0) is 11.4. The fourth-order valence-electron chi connectivity index (χ4n) is 1.14. The van der Waals surface area contributed by atoms with Crippen molar-refractivity contribution in [3.05, 3.63) is 36.2 Å². The number of aryl methyl sites for hydroxylation is 1. The number of nitrogens with zero attached hydrogens (tertiary/aromatic N) is 3. The fourth-order valence-corrected chi connectivity index (χ4v) is 1.83. The molecule has 0 unspecified atom stereocenters. The van der Waals surface area contributed by atoms with Crippen molar-refractivity contribution >= 4 is 17.6 Å². The van der Waals surface area contributed by atoms with Crippen LogP contribution in [-0.2, 0) is 0 Å². The smallest absolute Gasteiger partial charge is 0.193 e. The Morgan fingerprint density at radius 3 is 2.62 bits per heavy atom. The third-order valence-corrected chi connectivity index (χ3v) is 2.76. The predicted molar refractivity (Wildman–Crippen MR) is 64.7 cm³/mol. The summed E-state index contributed by atoms with van der Waals surface area (Å²) in [5.41, 5.74) is 1.06. The molecular weight excluding hydrogens is 220 g/mol. The number of hydrogen-bond donors (Lipinski definition) is 1. The van der Waals surface area contributed by atoms with E-state index in [1.165, 1.54) is 11.8 Å².